The van der Waals surface area contributed by atoms with Gasteiger partial charge in [-0.2, -0.15) is 0 Å². The van der Waals surface area contributed by atoms with Gasteiger partial charge in [0, 0.05) is 38.8 Å². The first-order valence-electron chi connectivity index (χ1n) is 9.24. The van der Waals surface area contributed by atoms with Gasteiger partial charge in [-0.1, -0.05) is 6.07 Å². The number of halogens is 1. The summed E-state index contributed by atoms with van der Waals surface area (Å²) in [6.07, 6.45) is 3.57. The van der Waals surface area contributed by atoms with Crippen molar-refractivity contribution in [1.82, 2.24) is 10.2 Å². The van der Waals surface area contributed by atoms with E-state index in [1.54, 1.807) is 6.07 Å². The van der Waals surface area contributed by atoms with Crippen LogP contribution in [0, 0.1) is 18.7 Å². The average Bonchev–Trinajstić information content (AvgIpc) is 2.64. The standard InChI is InChI=1S/C19H28FN3O2/c1-14-4-5-17(20)18(11-14)23-8-2-3-16(12-23)21-19(25)22-9-6-15(13-24)7-10-22/h4-5,11,15-16,24H,2-3,6-10,12-13H2,1H3,(H,21,25). The number of hydrogen-bond donors (Lipinski definition) is 2. The third-order valence-electron chi connectivity index (χ3n) is 5.35. The van der Waals surface area contributed by atoms with Gasteiger partial charge in [0.1, 0.15) is 5.82 Å². The van der Waals surface area contributed by atoms with Crippen LogP contribution in [-0.2, 0) is 0 Å². The van der Waals surface area contributed by atoms with E-state index in [-0.39, 0.29) is 24.5 Å². The van der Waals surface area contributed by atoms with E-state index in [2.05, 4.69) is 5.32 Å². The van der Waals surface area contributed by atoms with Crippen molar-refractivity contribution in [2.75, 3.05) is 37.7 Å². The fraction of sp³-hybridized carbons (Fsp3) is 0.632. The second kappa shape index (κ2) is 8.04. The molecule has 138 valence electrons. The quantitative estimate of drug-likeness (QED) is 0.882. The molecule has 2 N–H and O–H groups in total. The fourth-order valence-corrected chi connectivity index (χ4v) is 3.76. The number of nitrogens with zero attached hydrogens (tertiary/aromatic N) is 2. The number of anilines is 1. The van der Waals surface area contributed by atoms with Gasteiger partial charge in [-0.25, -0.2) is 9.18 Å². The Hall–Kier alpha value is -1.82. The van der Waals surface area contributed by atoms with Crippen LogP contribution in [0.5, 0.6) is 0 Å². The highest BCUT2D eigenvalue weighted by Gasteiger charge is 2.27. The predicted molar refractivity (Wildman–Crippen MR) is 96.3 cm³/mol. The lowest BCUT2D eigenvalue weighted by Crippen LogP contribution is -2.53. The van der Waals surface area contributed by atoms with Crippen molar-refractivity contribution in [2.24, 2.45) is 5.92 Å². The molecule has 2 aliphatic rings. The average molecular weight is 349 g/mol. The van der Waals surface area contributed by atoms with Gasteiger partial charge < -0.3 is 20.2 Å². The summed E-state index contributed by atoms with van der Waals surface area (Å²) in [5, 5.41) is 12.3. The van der Waals surface area contributed by atoms with Gasteiger partial charge in [0.15, 0.2) is 0 Å². The van der Waals surface area contributed by atoms with Crippen LogP contribution in [0.25, 0.3) is 0 Å². The van der Waals surface area contributed by atoms with Gasteiger partial charge in [-0.05, 0) is 56.2 Å². The van der Waals surface area contributed by atoms with Crippen LogP contribution in [0.1, 0.15) is 31.2 Å². The van der Waals surface area contributed by atoms with E-state index in [0.29, 0.717) is 31.2 Å². The lowest BCUT2D eigenvalue weighted by Gasteiger charge is -2.37. The molecular weight excluding hydrogens is 321 g/mol. The van der Waals surface area contributed by atoms with E-state index in [1.807, 2.05) is 22.8 Å². The highest BCUT2D eigenvalue weighted by Crippen LogP contribution is 2.25. The van der Waals surface area contributed by atoms with Crippen molar-refractivity contribution in [3.63, 3.8) is 0 Å². The monoisotopic (exact) mass is 349 g/mol. The molecule has 2 fully saturated rings. The number of benzene rings is 1. The van der Waals surface area contributed by atoms with Crippen molar-refractivity contribution < 1.29 is 14.3 Å². The summed E-state index contributed by atoms with van der Waals surface area (Å²) in [4.78, 5) is 16.4. The van der Waals surface area contributed by atoms with Crippen molar-refractivity contribution in [1.29, 1.82) is 0 Å². The zero-order chi connectivity index (χ0) is 17.8. The molecule has 0 bridgehead atoms. The largest absolute Gasteiger partial charge is 0.396 e. The number of nitrogens with one attached hydrogen (secondary N) is 1. The first kappa shape index (κ1) is 18.0. The highest BCUT2D eigenvalue weighted by atomic mass is 19.1. The molecule has 1 atom stereocenters. The van der Waals surface area contributed by atoms with E-state index < -0.39 is 0 Å². The zero-order valence-electron chi connectivity index (χ0n) is 14.9. The Balaban J connectivity index is 1.56. The van der Waals surface area contributed by atoms with E-state index in [4.69, 9.17) is 0 Å². The molecular formula is C19H28FN3O2. The number of aliphatic hydroxyl groups excluding tert-OH is 1. The van der Waals surface area contributed by atoms with Crippen LogP contribution in [0.4, 0.5) is 14.9 Å². The van der Waals surface area contributed by atoms with E-state index in [1.165, 1.54) is 6.07 Å². The minimum Gasteiger partial charge on any atom is -0.396 e. The van der Waals surface area contributed by atoms with Crippen LogP contribution in [-0.4, -0.2) is 54.9 Å². The minimum atomic E-state index is -0.205. The van der Waals surface area contributed by atoms with Gasteiger partial charge in [0.25, 0.3) is 0 Å². The summed E-state index contributed by atoms with van der Waals surface area (Å²) in [5.74, 6) is 0.113. The number of carbonyl (C=O) groups excluding carboxylic acids is 1. The summed E-state index contributed by atoms with van der Waals surface area (Å²) in [7, 11) is 0. The molecule has 0 aromatic heterocycles. The van der Waals surface area contributed by atoms with Gasteiger partial charge in [0.05, 0.1) is 5.69 Å². The summed E-state index contributed by atoms with van der Waals surface area (Å²) < 4.78 is 14.1. The molecule has 2 saturated heterocycles. The molecule has 25 heavy (non-hydrogen) atoms. The number of urea groups is 1. The number of amides is 2. The third-order valence-corrected chi connectivity index (χ3v) is 5.35. The Bertz CT molecular complexity index is 602. The molecule has 0 aliphatic carbocycles. The molecule has 1 unspecified atom stereocenters. The Kier molecular flexibility index (Phi) is 5.78. The minimum absolute atomic E-state index is 0.0343. The summed E-state index contributed by atoms with van der Waals surface area (Å²) in [6, 6.07) is 5.17. The molecule has 6 heteroatoms. The smallest absolute Gasteiger partial charge is 0.317 e. The first-order valence-corrected chi connectivity index (χ1v) is 9.24. The Labute approximate surface area is 148 Å². The van der Waals surface area contributed by atoms with Crippen molar-refractivity contribution in [3.05, 3.63) is 29.6 Å². The molecule has 0 saturated carbocycles. The molecule has 0 radical (unpaired) electrons. The summed E-state index contributed by atoms with van der Waals surface area (Å²) >= 11 is 0. The number of aliphatic hydroxyl groups is 1. The van der Waals surface area contributed by atoms with E-state index >= 15 is 0 Å². The highest BCUT2D eigenvalue weighted by molar-refractivity contribution is 5.74. The normalized spacial score (nSPS) is 22.1. The maximum atomic E-state index is 14.1. The van der Waals surface area contributed by atoms with Crippen molar-refractivity contribution >= 4 is 11.7 Å². The number of hydrogen-bond acceptors (Lipinski definition) is 3. The lowest BCUT2D eigenvalue weighted by atomic mass is 9.98. The van der Waals surface area contributed by atoms with Crippen LogP contribution in [0.15, 0.2) is 18.2 Å². The van der Waals surface area contributed by atoms with Gasteiger partial charge in [-0.3, -0.25) is 0 Å². The van der Waals surface area contributed by atoms with Gasteiger partial charge in [0.2, 0.25) is 0 Å². The topological polar surface area (TPSA) is 55.8 Å². The lowest BCUT2D eigenvalue weighted by molar-refractivity contribution is 0.135. The molecule has 1 aromatic rings. The number of piperidine rings is 2. The maximum Gasteiger partial charge on any atom is 0.317 e. The maximum absolute atomic E-state index is 14.1. The molecule has 2 heterocycles. The molecule has 3 rings (SSSR count). The number of aryl methyl sites for hydroxylation is 1. The van der Waals surface area contributed by atoms with Gasteiger partial charge in [-0.15, -0.1) is 0 Å². The second-order valence-corrected chi connectivity index (χ2v) is 7.30. The van der Waals surface area contributed by atoms with Gasteiger partial charge >= 0.3 is 6.03 Å². The van der Waals surface area contributed by atoms with Crippen molar-refractivity contribution in [3.8, 4) is 0 Å². The summed E-state index contributed by atoms with van der Waals surface area (Å²) in [6.45, 7) is 5.01. The van der Waals surface area contributed by atoms with Crippen LogP contribution in [0.3, 0.4) is 0 Å². The zero-order valence-corrected chi connectivity index (χ0v) is 14.9. The molecule has 2 aliphatic heterocycles. The molecule has 1 aromatic carbocycles. The SMILES string of the molecule is Cc1ccc(F)c(N2CCCC(NC(=O)N3CCC(CO)CC3)C2)c1. The Morgan fingerprint density at radius 3 is 2.76 bits per heavy atom. The number of likely N-dealkylation sites (tertiary alicyclic amines) is 1. The van der Waals surface area contributed by atoms with Crippen LogP contribution in [0.2, 0.25) is 0 Å². The predicted octanol–water partition coefficient (Wildman–Crippen LogP) is 2.52. The second-order valence-electron chi connectivity index (χ2n) is 7.30. The van der Waals surface area contributed by atoms with E-state index in [9.17, 15) is 14.3 Å². The Morgan fingerprint density at radius 1 is 1.28 bits per heavy atom. The first-order chi connectivity index (χ1) is 12.1. The Morgan fingerprint density at radius 2 is 2.04 bits per heavy atom. The molecule has 2 amide bonds. The third kappa shape index (κ3) is 4.42. The number of rotatable bonds is 3. The summed E-state index contributed by atoms with van der Waals surface area (Å²) in [5.41, 5.74) is 1.66. The van der Waals surface area contributed by atoms with Crippen LogP contribution >= 0.6 is 0 Å². The van der Waals surface area contributed by atoms with E-state index in [0.717, 1.165) is 37.8 Å². The fourth-order valence-electron chi connectivity index (χ4n) is 3.76. The number of carbonyl (C=O) groups is 1. The van der Waals surface area contributed by atoms with Crippen molar-refractivity contribution in [2.45, 2.75) is 38.6 Å². The molecule has 0 spiro atoms. The molecule has 5 nitrogen and oxygen atoms in total. The van der Waals surface area contributed by atoms with Crippen LogP contribution < -0.4 is 10.2 Å².